The molecule has 2 nitrogen and oxygen atoms in total. The molecule has 0 aliphatic rings. The van der Waals surface area contributed by atoms with Gasteiger partial charge in [-0.2, -0.15) is 0 Å². The fraction of sp³-hybridized carbons (Fsp3) is 0.133. The van der Waals surface area contributed by atoms with Crippen LogP contribution in [0.5, 0.6) is 0 Å². The summed E-state index contributed by atoms with van der Waals surface area (Å²) < 4.78 is 15.1. The minimum atomic E-state index is -0.209. The van der Waals surface area contributed by atoms with Gasteiger partial charge < -0.3 is 5.32 Å². The summed E-state index contributed by atoms with van der Waals surface area (Å²) in [5.74, 6) is 0.719. The van der Waals surface area contributed by atoms with Gasteiger partial charge in [-0.25, -0.2) is 9.37 Å². The van der Waals surface area contributed by atoms with E-state index in [9.17, 15) is 4.39 Å². The van der Waals surface area contributed by atoms with Crippen molar-refractivity contribution in [3.63, 3.8) is 0 Å². The van der Waals surface area contributed by atoms with E-state index in [1.165, 1.54) is 16.8 Å². The summed E-state index contributed by atoms with van der Waals surface area (Å²) in [6, 6.07) is 14.6. The summed E-state index contributed by atoms with van der Waals surface area (Å²) in [6.07, 6.45) is 0. The average molecular weight is 304 g/mol. The van der Waals surface area contributed by atoms with Crippen molar-refractivity contribution in [1.82, 2.24) is 4.98 Å². The van der Waals surface area contributed by atoms with Gasteiger partial charge in [-0.3, -0.25) is 0 Å². The van der Waals surface area contributed by atoms with E-state index < -0.39 is 0 Å². The summed E-state index contributed by atoms with van der Waals surface area (Å²) in [5.41, 5.74) is 2.00. The monoisotopic (exact) mass is 304 g/mol. The standard InChI is InChI=1S/C15H13FN2S2/c16-11-5-7-12(8-6-11)17-9-10-19-15-18-13-3-1-2-4-14(13)20-15/h1-8,17H,9-10H2. The number of thiazole rings is 1. The molecule has 0 saturated heterocycles. The molecule has 0 spiro atoms. The number of halogens is 1. The molecule has 0 aliphatic heterocycles. The molecular weight excluding hydrogens is 291 g/mol. The molecular formula is C15H13FN2S2. The maximum Gasteiger partial charge on any atom is 0.151 e. The topological polar surface area (TPSA) is 24.9 Å². The lowest BCUT2D eigenvalue weighted by Gasteiger charge is -2.04. The third-order valence-electron chi connectivity index (χ3n) is 2.78. The lowest BCUT2D eigenvalue weighted by Crippen LogP contribution is -2.03. The van der Waals surface area contributed by atoms with Crippen molar-refractivity contribution in [1.29, 1.82) is 0 Å². The zero-order chi connectivity index (χ0) is 13.8. The predicted molar refractivity (Wildman–Crippen MR) is 85.2 cm³/mol. The van der Waals surface area contributed by atoms with Crippen LogP contribution in [0, 0.1) is 5.82 Å². The van der Waals surface area contributed by atoms with Crippen LogP contribution in [-0.2, 0) is 0 Å². The molecule has 0 unspecified atom stereocenters. The van der Waals surface area contributed by atoms with Crippen molar-refractivity contribution in [3.8, 4) is 0 Å². The van der Waals surface area contributed by atoms with Crippen LogP contribution in [0.1, 0.15) is 0 Å². The van der Waals surface area contributed by atoms with Crippen LogP contribution >= 0.6 is 23.1 Å². The number of anilines is 1. The van der Waals surface area contributed by atoms with Crippen molar-refractivity contribution >= 4 is 39.0 Å². The first-order valence-corrected chi connectivity index (χ1v) is 8.09. The zero-order valence-electron chi connectivity index (χ0n) is 10.7. The molecule has 0 saturated carbocycles. The Kier molecular flexibility index (Phi) is 4.18. The number of rotatable bonds is 5. The van der Waals surface area contributed by atoms with E-state index in [0.29, 0.717) is 0 Å². The Morgan fingerprint density at radius 3 is 2.70 bits per heavy atom. The van der Waals surface area contributed by atoms with Gasteiger partial charge in [0.15, 0.2) is 4.34 Å². The van der Waals surface area contributed by atoms with Crippen LogP contribution in [0.25, 0.3) is 10.2 Å². The SMILES string of the molecule is Fc1ccc(NCCSc2nc3ccccc3s2)cc1. The molecule has 0 radical (unpaired) electrons. The lowest BCUT2D eigenvalue weighted by molar-refractivity contribution is 0.628. The summed E-state index contributed by atoms with van der Waals surface area (Å²) in [6.45, 7) is 0.826. The normalized spacial score (nSPS) is 10.8. The second-order valence-corrected chi connectivity index (χ2v) is 6.60. The van der Waals surface area contributed by atoms with Gasteiger partial charge in [0.2, 0.25) is 0 Å². The third kappa shape index (κ3) is 3.29. The molecule has 1 aromatic heterocycles. The van der Waals surface area contributed by atoms with Crippen molar-refractivity contribution in [2.75, 3.05) is 17.6 Å². The molecule has 20 heavy (non-hydrogen) atoms. The van der Waals surface area contributed by atoms with Crippen molar-refractivity contribution in [2.45, 2.75) is 4.34 Å². The minimum Gasteiger partial charge on any atom is -0.384 e. The van der Waals surface area contributed by atoms with Gasteiger partial charge in [-0.1, -0.05) is 23.9 Å². The van der Waals surface area contributed by atoms with Gasteiger partial charge in [0.05, 0.1) is 10.2 Å². The maximum atomic E-state index is 12.8. The highest BCUT2D eigenvalue weighted by molar-refractivity contribution is 8.01. The highest BCUT2D eigenvalue weighted by atomic mass is 32.2. The number of hydrogen-bond donors (Lipinski definition) is 1. The first-order valence-electron chi connectivity index (χ1n) is 6.29. The Labute approximate surface area is 125 Å². The molecule has 0 aliphatic carbocycles. The predicted octanol–water partition coefficient (Wildman–Crippen LogP) is 4.64. The van der Waals surface area contributed by atoms with Crippen LogP contribution in [0.15, 0.2) is 52.9 Å². The van der Waals surface area contributed by atoms with Gasteiger partial charge in [-0.15, -0.1) is 11.3 Å². The van der Waals surface area contributed by atoms with Gasteiger partial charge in [0, 0.05) is 18.0 Å². The molecule has 2 aromatic carbocycles. The molecule has 102 valence electrons. The van der Waals surface area contributed by atoms with E-state index >= 15 is 0 Å². The van der Waals surface area contributed by atoms with E-state index in [1.54, 1.807) is 35.2 Å². The number of hydrogen-bond acceptors (Lipinski definition) is 4. The highest BCUT2D eigenvalue weighted by Crippen LogP contribution is 2.29. The summed E-state index contributed by atoms with van der Waals surface area (Å²) >= 11 is 3.46. The van der Waals surface area contributed by atoms with Gasteiger partial charge >= 0.3 is 0 Å². The molecule has 0 amide bonds. The summed E-state index contributed by atoms with van der Waals surface area (Å²) in [5, 5.41) is 3.27. The molecule has 1 N–H and O–H groups in total. The molecule has 5 heteroatoms. The molecule has 0 atom stereocenters. The Morgan fingerprint density at radius 1 is 1.10 bits per heavy atom. The second-order valence-electron chi connectivity index (χ2n) is 4.23. The Balaban J connectivity index is 1.51. The van der Waals surface area contributed by atoms with Crippen LogP contribution < -0.4 is 5.32 Å². The quantitative estimate of drug-likeness (QED) is 0.549. The average Bonchev–Trinajstić information content (AvgIpc) is 2.88. The Bertz CT molecular complexity index is 661. The largest absolute Gasteiger partial charge is 0.384 e. The van der Waals surface area contributed by atoms with E-state index in [0.717, 1.165) is 27.8 Å². The number of thioether (sulfide) groups is 1. The molecule has 3 rings (SSSR count). The first-order chi connectivity index (χ1) is 9.81. The maximum absolute atomic E-state index is 12.8. The number of fused-ring (bicyclic) bond motifs is 1. The van der Waals surface area contributed by atoms with Crippen LogP contribution in [0.2, 0.25) is 0 Å². The van der Waals surface area contributed by atoms with Gasteiger partial charge in [-0.05, 0) is 36.4 Å². The number of benzene rings is 2. The zero-order valence-corrected chi connectivity index (χ0v) is 12.3. The van der Waals surface area contributed by atoms with Gasteiger partial charge in [0.1, 0.15) is 5.82 Å². The van der Waals surface area contributed by atoms with E-state index in [4.69, 9.17) is 0 Å². The Morgan fingerprint density at radius 2 is 1.90 bits per heavy atom. The number of nitrogens with zero attached hydrogens (tertiary/aromatic N) is 1. The fourth-order valence-corrected chi connectivity index (χ4v) is 3.81. The molecule has 0 fully saturated rings. The van der Waals surface area contributed by atoms with Crippen molar-refractivity contribution in [3.05, 3.63) is 54.3 Å². The number of nitrogens with one attached hydrogen (secondary N) is 1. The highest BCUT2D eigenvalue weighted by Gasteiger charge is 2.03. The first kappa shape index (κ1) is 13.4. The molecule has 3 aromatic rings. The van der Waals surface area contributed by atoms with Crippen LogP contribution in [0.4, 0.5) is 10.1 Å². The van der Waals surface area contributed by atoms with E-state index in [1.807, 2.05) is 18.2 Å². The van der Waals surface area contributed by atoms with Crippen molar-refractivity contribution in [2.24, 2.45) is 0 Å². The van der Waals surface area contributed by atoms with Crippen molar-refractivity contribution < 1.29 is 4.39 Å². The lowest BCUT2D eigenvalue weighted by atomic mass is 10.3. The Hall–Kier alpha value is -1.59. The summed E-state index contributed by atoms with van der Waals surface area (Å²) in [7, 11) is 0. The van der Waals surface area contributed by atoms with Gasteiger partial charge in [0.25, 0.3) is 0 Å². The smallest absolute Gasteiger partial charge is 0.151 e. The summed E-state index contributed by atoms with van der Waals surface area (Å²) in [4.78, 5) is 4.57. The van der Waals surface area contributed by atoms with Crippen LogP contribution in [-0.4, -0.2) is 17.3 Å². The molecule has 0 bridgehead atoms. The van der Waals surface area contributed by atoms with E-state index in [2.05, 4.69) is 16.4 Å². The van der Waals surface area contributed by atoms with Crippen LogP contribution in [0.3, 0.4) is 0 Å². The van der Waals surface area contributed by atoms with E-state index in [-0.39, 0.29) is 5.82 Å². The minimum absolute atomic E-state index is 0.209. The fourth-order valence-electron chi connectivity index (χ4n) is 1.81. The molecule has 1 heterocycles. The number of para-hydroxylation sites is 1. The second kappa shape index (κ2) is 6.24. The third-order valence-corrected chi connectivity index (χ3v) is 4.96. The number of aromatic nitrogens is 1.